The Morgan fingerprint density at radius 2 is 2.11 bits per heavy atom. The molecule has 3 nitrogen and oxygen atoms in total. The molecule has 1 saturated heterocycles. The van der Waals surface area contributed by atoms with Crippen molar-refractivity contribution in [3.8, 4) is 0 Å². The van der Waals surface area contributed by atoms with Gasteiger partial charge in [0.05, 0.1) is 5.60 Å². The first kappa shape index (κ1) is 14.3. The van der Waals surface area contributed by atoms with E-state index >= 15 is 0 Å². The van der Waals surface area contributed by atoms with Crippen molar-refractivity contribution < 1.29 is 4.74 Å². The largest absolute Gasteiger partial charge is 0.377 e. The molecule has 0 spiro atoms. The number of piperidine rings is 1. The van der Waals surface area contributed by atoms with Gasteiger partial charge in [-0.2, -0.15) is 0 Å². The lowest BCUT2D eigenvalue weighted by Crippen LogP contribution is -2.55. The molecule has 0 aromatic heterocycles. The van der Waals surface area contributed by atoms with Gasteiger partial charge in [0.2, 0.25) is 0 Å². The molecule has 1 saturated carbocycles. The standard InChI is InChI=1S/C15H30N2O/c1-12(2)14(10-16-13-6-7-13)17-9-5-8-15(3,11-17)18-4/h12-14,16H,5-11H2,1-4H3. The average molecular weight is 254 g/mol. The Bertz CT molecular complexity index is 265. The molecule has 0 bridgehead atoms. The molecular weight excluding hydrogens is 224 g/mol. The number of hydrogen-bond acceptors (Lipinski definition) is 3. The molecule has 18 heavy (non-hydrogen) atoms. The summed E-state index contributed by atoms with van der Waals surface area (Å²) in [5.41, 5.74) is 0.0605. The van der Waals surface area contributed by atoms with Gasteiger partial charge < -0.3 is 10.1 Å². The Labute approximate surface area is 112 Å². The van der Waals surface area contributed by atoms with Crippen LogP contribution in [0.15, 0.2) is 0 Å². The SMILES string of the molecule is COC1(C)CCCN(C(CNC2CC2)C(C)C)C1. The Balaban J connectivity index is 1.91. The summed E-state index contributed by atoms with van der Waals surface area (Å²) in [7, 11) is 1.86. The van der Waals surface area contributed by atoms with Crippen molar-refractivity contribution in [2.24, 2.45) is 5.92 Å². The predicted octanol–water partition coefficient (Wildman–Crippen LogP) is 2.26. The summed E-state index contributed by atoms with van der Waals surface area (Å²) in [5.74, 6) is 0.704. The van der Waals surface area contributed by atoms with E-state index in [1.54, 1.807) is 0 Å². The summed E-state index contributed by atoms with van der Waals surface area (Å²) >= 11 is 0. The molecule has 0 radical (unpaired) electrons. The first-order chi connectivity index (χ1) is 8.54. The summed E-state index contributed by atoms with van der Waals surface area (Å²) in [6.45, 7) is 10.4. The lowest BCUT2D eigenvalue weighted by molar-refractivity contribution is -0.0656. The third-order valence-corrected chi connectivity index (χ3v) is 4.61. The van der Waals surface area contributed by atoms with Gasteiger partial charge in [-0.1, -0.05) is 13.8 Å². The maximum atomic E-state index is 5.71. The Morgan fingerprint density at radius 1 is 1.39 bits per heavy atom. The van der Waals surface area contributed by atoms with Gasteiger partial charge in [-0.3, -0.25) is 4.90 Å². The van der Waals surface area contributed by atoms with E-state index in [0.717, 1.165) is 19.1 Å². The van der Waals surface area contributed by atoms with E-state index in [0.29, 0.717) is 12.0 Å². The molecule has 2 fully saturated rings. The average Bonchev–Trinajstić information content (AvgIpc) is 3.13. The van der Waals surface area contributed by atoms with E-state index in [-0.39, 0.29) is 5.60 Å². The highest BCUT2D eigenvalue weighted by molar-refractivity contribution is 4.91. The van der Waals surface area contributed by atoms with E-state index in [1.165, 1.54) is 32.2 Å². The molecule has 0 aromatic rings. The number of nitrogens with zero attached hydrogens (tertiary/aromatic N) is 1. The number of likely N-dealkylation sites (tertiary alicyclic amines) is 1. The van der Waals surface area contributed by atoms with E-state index in [2.05, 4.69) is 31.0 Å². The summed E-state index contributed by atoms with van der Waals surface area (Å²) in [6, 6.07) is 1.46. The Hall–Kier alpha value is -0.120. The maximum Gasteiger partial charge on any atom is 0.0777 e. The molecule has 2 rings (SSSR count). The van der Waals surface area contributed by atoms with E-state index in [1.807, 2.05) is 7.11 Å². The van der Waals surface area contributed by atoms with Crippen LogP contribution in [0.25, 0.3) is 0 Å². The van der Waals surface area contributed by atoms with Crippen molar-refractivity contribution in [1.29, 1.82) is 0 Å². The van der Waals surface area contributed by atoms with Gasteiger partial charge in [-0.25, -0.2) is 0 Å². The van der Waals surface area contributed by atoms with E-state index < -0.39 is 0 Å². The topological polar surface area (TPSA) is 24.5 Å². The molecule has 2 unspecified atom stereocenters. The molecule has 0 amide bonds. The first-order valence-electron chi connectivity index (χ1n) is 7.57. The minimum atomic E-state index is 0.0605. The minimum absolute atomic E-state index is 0.0605. The van der Waals surface area contributed by atoms with Crippen LogP contribution in [-0.2, 0) is 4.74 Å². The molecule has 3 heteroatoms. The second-order valence-corrected chi connectivity index (χ2v) is 6.72. The van der Waals surface area contributed by atoms with Crippen molar-refractivity contribution in [2.75, 3.05) is 26.7 Å². The molecule has 1 aliphatic carbocycles. The van der Waals surface area contributed by atoms with Gasteiger partial charge in [0.1, 0.15) is 0 Å². The predicted molar refractivity (Wildman–Crippen MR) is 75.9 cm³/mol. The minimum Gasteiger partial charge on any atom is -0.377 e. The van der Waals surface area contributed by atoms with Crippen molar-refractivity contribution in [2.45, 2.75) is 64.1 Å². The van der Waals surface area contributed by atoms with Crippen LogP contribution >= 0.6 is 0 Å². The molecule has 1 N–H and O–H groups in total. The third kappa shape index (κ3) is 3.69. The lowest BCUT2D eigenvalue weighted by Gasteiger charge is -2.44. The second-order valence-electron chi connectivity index (χ2n) is 6.72. The fourth-order valence-corrected chi connectivity index (χ4v) is 3.05. The molecule has 1 heterocycles. The second kappa shape index (κ2) is 5.89. The molecule has 1 aliphatic heterocycles. The fourth-order valence-electron chi connectivity index (χ4n) is 3.05. The van der Waals surface area contributed by atoms with Crippen molar-refractivity contribution >= 4 is 0 Å². The summed E-state index contributed by atoms with van der Waals surface area (Å²) < 4.78 is 5.71. The first-order valence-corrected chi connectivity index (χ1v) is 7.57. The monoisotopic (exact) mass is 254 g/mol. The number of methoxy groups -OCH3 is 1. The summed E-state index contributed by atoms with van der Waals surface area (Å²) in [4.78, 5) is 2.65. The van der Waals surface area contributed by atoms with Gasteiger partial charge in [-0.05, 0) is 45.1 Å². The number of rotatable bonds is 6. The summed E-state index contributed by atoms with van der Waals surface area (Å²) in [6.07, 6.45) is 5.21. The smallest absolute Gasteiger partial charge is 0.0777 e. The lowest BCUT2D eigenvalue weighted by atomic mass is 9.91. The zero-order valence-electron chi connectivity index (χ0n) is 12.5. The van der Waals surface area contributed by atoms with Crippen molar-refractivity contribution in [1.82, 2.24) is 10.2 Å². The van der Waals surface area contributed by atoms with Gasteiger partial charge >= 0.3 is 0 Å². The van der Waals surface area contributed by atoms with Crippen LogP contribution < -0.4 is 5.32 Å². The van der Waals surface area contributed by atoms with Crippen LogP contribution in [0.2, 0.25) is 0 Å². The Morgan fingerprint density at radius 3 is 2.67 bits per heavy atom. The van der Waals surface area contributed by atoms with Crippen LogP contribution in [-0.4, -0.2) is 49.3 Å². The van der Waals surface area contributed by atoms with Gasteiger partial charge in [0.15, 0.2) is 0 Å². The molecule has 2 aliphatic rings. The van der Waals surface area contributed by atoms with Crippen LogP contribution in [0.3, 0.4) is 0 Å². The quantitative estimate of drug-likeness (QED) is 0.787. The van der Waals surface area contributed by atoms with Gasteiger partial charge in [0, 0.05) is 32.3 Å². The van der Waals surface area contributed by atoms with Gasteiger partial charge in [0.25, 0.3) is 0 Å². The highest BCUT2D eigenvalue weighted by Gasteiger charge is 2.35. The highest BCUT2D eigenvalue weighted by Crippen LogP contribution is 2.27. The molecule has 2 atom stereocenters. The number of ether oxygens (including phenoxy) is 1. The van der Waals surface area contributed by atoms with Crippen LogP contribution in [0.4, 0.5) is 0 Å². The van der Waals surface area contributed by atoms with Crippen molar-refractivity contribution in [3.63, 3.8) is 0 Å². The normalized spacial score (nSPS) is 31.8. The van der Waals surface area contributed by atoms with Crippen molar-refractivity contribution in [3.05, 3.63) is 0 Å². The maximum absolute atomic E-state index is 5.71. The molecular formula is C15H30N2O. The van der Waals surface area contributed by atoms with Crippen LogP contribution in [0, 0.1) is 5.92 Å². The van der Waals surface area contributed by atoms with Crippen LogP contribution in [0.5, 0.6) is 0 Å². The number of nitrogens with one attached hydrogen (secondary N) is 1. The third-order valence-electron chi connectivity index (χ3n) is 4.61. The molecule has 0 aromatic carbocycles. The van der Waals surface area contributed by atoms with Gasteiger partial charge in [-0.15, -0.1) is 0 Å². The Kier molecular flexibility index (Phi) is 4.68. The zero-order chi connectivity index (χ0) is 13.2. The summed E-state index contributed by atoms with van der Waals surface area (Å²) in [5, 5.41) is 3.70. The highest BCUT2D eigenvalue weighted by atomic mass is 16.5. The fraction of sp³-hybridized carbons (Fsp3) is 1.00. The van der Waals surface area contributed by atoms with Crippen LogP contribution in [0.1, 0.15) is 46.5 Å². The van der Waals surface area contributed by atoms with E-state index in [4.69, 9.17) is 4.74 Å². The van der Waals surface area contributed by atoms with E-state index in [9.17, 15) is 0 Å². The number of hydrogen-bond donors (Lipinski definition) is 1. The zero-order valence-corrected chi connectivity index (χ0v) is 12.5. The molecule has 106 valence electrons.